The number of nitrogens with one attached hydrogen (secondary N) is 4. The van der Waals surface area contributed by atoms with Gasteiger partial charge in [0.2, 0.25) is 5.82 Å². The van der Waals surface area contributed by atoms with Gasteiger partial charge in [-0.3, -0.25) is 4.72 Å². The zero-order valence-corrected chi connectivity index (χ0v) is 21.0. The predicted octanol–water partition coefficient (Wildman–Crippen LogP) is 4.10. The minimum absolute atomic E-state index is 0.0524. The summed E-state index contributed by atoms with van der Waals surface area (Å²) < 4.78 is 42.5. The van der Waals surface area contributed by atoms with Crippen LogP contribution in [0.25, 0.3) is 11.4 Å². The van der Waals surface area contributed by atoms with Crippen molar-refractivity contribution in [1.29, 1.82) is 0 Å². The van der Waals surface area contributed by atoms with Crippen LogP contribution in [0.2, 0.25) is 0 Å². The topological polar surface area (TPSA) is 163 Å². The van der Waals surface area contributed by atoms with Gasteiger partial charge in [-0.1, -0.05) is 0 Å². The van der Waals surface area contributed by atoms with E-state index in [0.717, 1.165) is 23.8 Å². The molecule has 0 aliphatic heterocycles. The number of sulfonamides is 1. The lowest BCUT2D eigenvalue weighted by molar-refractivity contribution is 0.600. The Balaban J connectivity index is 1.30. The molecule has 0 spiro atoms. The van der Waals surface area contributed by atoms with Gasteiger partial charge in [0, 0.05) is 23.6 Å². The summed E-state index contributed by atoms with van der Waals surface area (Å²) in [4.78, 5) is 12.9. The Morgan fingerprint density at radius 3 is 2.29 bits per heavy atom. The van der Waals surface area contributed by atoms with Crippen LogP contribution in [0.5, 0.6) is 0 Å². The van der Waals surface area contributed by atoms with Crippen LogP contribution in [0.3, 0.4) is 0 Å². The molecule has 12 nitrogen and oxygen atoms in total. The number of pyridine rings is 1. The molecule has 3 heterocycles. The van der Waals surface area contributed by atoms with Gasteiger partial charge in [0.1, 0.15) is 29.1 Å². The zero-order chi connectivity index (χ0) is 26.7. The van der Waals surface area contributed by atoms with E-state index in [2.05, 4.69) is 50.9 Å². The summed E-state index contributed by atoms with van der Waals surface area (Å²) >= 11 is 0. The highest BCUT2D eigenvalue weighted by atomic mass is 32.2. The Kier molecular flexibility index (Phi) is 6.62. The Bertz CT molecular complexity index is 1690. The average molecular weight is 533 g/mol. The van der Waals surface area contributed by atoms with Crippen molar-refractivity contribution in [2.24, 2.45) is 0 Å². The Hall–Kier alpha value is -4.98. The van der Waals surface area contributed by atoms with Gasteiger partial charge >= 0.3 is 0 Å². The van der Waals surface area contributed by atoms with E-state index in [1.54, 1.807) is 43.5 Å². The highest BCUT2D eigenvalue weighted by Gasteiger charge is 2.19. The third-order valence-corrected chi connectivity index (χ3v) is 6.63. The standard InChI is InChI=1S/C24H21FN10O2S/c1-14-9-10-26-21(11-14)30-23-13-22(27-15(2)28-23)29-16-3-5-17(6-4-16)33-38(36,37)18-7-8-20(25)19(12-18)24-31-34-35-32-24/h3-13,33H,1-2H3,(H,31,32,34,35)(H2,26,27,28,29,30). The van der Waals surface area contributed by atoms with E-state index >= 15 is 0 Å². The number of aryl methyl sites for hydroxylation is 2. The van der Waals surface area contributed by atoms with Crippen molar-refractivity contribution in [3.05, 3.63) is 84.1 Å². The van der Waals surface area contributed by atoms with Gasteiger partial charge in [-0.2, -0.15) is 5.21 Å². The fourth-order valence-electron chi connectivity index (χ4n) is 3.53. The summed E-state index contributed by atoms with van der Waals surface area (Å²) in [6.07, 6.45) is 1.71. The molecule has 5 rings (SSSR count). The molecule has 2 aromatic carbocycles. The largest absolute Gasteiger partial charge is 0.340 e. The first-order valence-electron chi connectivity index (χ1n) is 11.2. The summed E-state index contributed by atoms with van der Waals surface area (Å²) in [7, 11) is -4.02. The summed E-state index contributed by atoms with van der Waals surface area (Å²) in [6, 6.07) is 15.5. The zero-order valence-electron chi connectivity index (χ0n) is 20.1. The van der Waals surface area contributed by atoms with E-state index in [1.165, 1.54) is 0 Å². The van der Waals surface area contributed by atoms with Crippen LogP contribution in [0.1, 0.15) is 11.4 Å². The van der Waals surface area contributed by atoms with Crippen LogP contribution in [-0.2, 0) is 10.0 Å². The number of nitrogens with zero attached hydrogens (tertiary/aromatic N) is 6. The van der Waals surface area contributed by atoms with Gasteiger partial charge in [0.25, 0.3) is 10.0 Å². The van der Waals surface area contributed by atoms with Gasteiger partial charge in [-0.25, -0.2) is 27.8 Å². The molecule has 0 bridgehead atoms. The van der Waals surface area contributed by atoms with Gasteiger partial charge in [0.05, 0.1) is 10.5 Å². The van der Waals surface area contributed by atoms with E-state index in [4.69, 9.17) is 0 Å². The SMILES string of the molecule is Cc1ccnc(Nc2cc(Nc3ccc(NS(=O)(=O)c4ccc(F)c(-c5nn[nH]n5)c4)cc3)nc(C)n2)c1. The van der Waals surface area contributed by atoms with E-state index in [9.17, 15) is 12.8 Å². The van der Waals surface area contributed by atoms with Crippen LogP contribution in [-0.4, -0.2) is 44.0 Å². The molecule has 5 aromatic rings. The average Bonchev–Trinajstić information content (AvgIpc) is 3.40. The molecule has 3 aromatic heterocycles. The number of aromatic amines is 1. The van der Waals surface area contributed by atoms with E-state index in [-0.39, 0.29) is 16.3 Å². The second-order valence-corrected chi connectivity index (χ2v) is 9.90. The molecule has 0 atom stereocenters. The van der Waals surface area contributed by atoms with Gasteiger partial charge in [-0.05, 0) is 79.2 Å². The second-order valence-electron chi connectivity index (χ2n) is 8.21. The van der Waals surface area contributed by atoms with E-state index in [0.29, 0.717) is 34.7 Å². The molecular formula is C24H21FN10O2S. The first-order chi connectivity index (χ1) is 18.2. The van der Waals surface area contributed by atoms with E-state index < -0.39 is 15.8 Å². The summed E-state index contributed by atoms with van der Waals surface area (Å²) in [5.74, 6) is 1.60. The summed E-state index contributed by atoms with van der Waals surface area (Å²) in [6.45, 7) is 3.75. The van der Waals surface area contributed by atoms with Crippen LogP contribution < -0.4 is 15.4 Å². The molecule has 0 amide bonds. The minimum Gasteiger partial charge on any atom is -0.340 e. The van der Waals surface area contributed by atoms with Gasteiger partial charge in [0.15, 0.2) is 0 Å². The van der Waals surface area contributed by atoms with Gasteiger partial charge in [-0.15, -0.1) is 10.2 Å². The number of tetrazole rings is 1. The number of anilines is 5. The Morgan fingerprint density at radius 2 is 1.58 bits per heavy atom. The molecule has 0 aliphatic rings. The van der Waals surface area contributed by atoms with Crippen molar-refractivity contribution in [3.8, 4) is 11.4 Å². The highest BCUT2D eigenvalue weighted by Crippen LogP contribution is 2.25. The summed E-state index contributed by atoms with van der Waals surface area (Å²) in [5.41, 5.74) is 1.96. The molecule has 4 N–H and O–H groups in total. The second kappa shape index (κ2) is 10.2. The number of hydrogen-bond donors (Lipinski definition) is 4. The highest BCUT2D eigenvalue weighted by molar-refractivity contribution is 7.92. The quantitative estimate of drug-likeness (QED) is 0.229. The van der Waals surface area contributed by atoms with Crippen LogP contribution in [0.15, 0.2) is 71.8 Å². The lowest BCUT2D eigenvalue weighted by Crippen LogP contribution is -2.13. The molecule has 0 saturated heterocycles. The monoisotopic (exact) mass is 532 g/mol. The lowest BCUT2D eigenvalue weighted by atomic mass is 10.2. The number of aromatic nitrogens is 7. The van der Waals surface area contributed by atoms with Crippen LogP contribution in [0, 0.1) is 19.7 Å². The lowest BCUT2D eigenvalue weighted by Gasteiger charge is -2.12. The third-order valence-electron chi connectivity index (χ3n) is 5.25. The number of H-pyrrole nitrogens is 1. The first kappa shape index (κ1) is 24.7. The molecule has 192 valence electrons. The van der Waals surface area contributed by atoms with Crippen LogP contribution >= 0.6 is 0 Å². The maximum Gasteiger partial charge on any atom is 0.261 e. The van der Waals surface area contributed by atoms with Crippen molar-refractivity contribution in [1.82, 2.24) is 35.6 Å². The molecular weight excluding hydrogens is 511 g/mol. The molecule has 0 radical (unpaired) electrons. The fraction of sp³-hybridized carbons (Fsp3) is 0.0833. The van der Waals surface area contributed by atoms with Crippen molar-refractivity contribution >= 4 is 38.9 Å². The predicted molar refractivity (Wildman–Crippen MR) is 139 cm³/mol. The van der Waals surface area contributed by atoms with Crippen molar-refractivity contribution in [2.75, 3.05) is 15.4 Å². The molecule has 0 aliphatic carbocycles. The minimum atomic E-state index is -4.02. The maximum absolute atomic E-state index is 14.2. The van der Waals surface area contributed by atoms with E-state index in [1.807, 2.05) is 19.1 Å². The number of halogens is 1. The molecule has 0 unspecified atom stereocenters. The normalized spacial score (nSPS) is 11.2. The summed E-state index contributed by atoms with van der Waals surface area (Å²) in [5, 5.41) is 19.4. The Morgan fingerprint density at radius 1 is 0.842 bits per heavy atom. The molecule has 38 heavy (non-hydrogen) atoms. The molecule has 14 heteroatoms. The smallest absolute Gasteiger partial charge is 0.261 e. The Labute approximate surface area is 216 Å². The number of benzene rings is 2. The van der Waals surface area contributed by atoms with Crippen LogP contribution in [0.4, 0.5) is 33.2 Å². The number of rotatable bonds is 8. The molecule has 0 saturated carbocycles. The third kappa shape index (κ3) is 5.70. The van der Waals surface area contributed by atoms with Crippen molar-refractivity contribution in [2.45, 2.75) is 18.7 Å². The first-order valence-corrected chi connectivity index (χ1v) is 12.7. The maximum atomic E-state index is 14.2. The number of hydrogen-bond acceptors (Lipinski definition) is 10. The van der Waals surface area contributed by atoms with Crippen molar-refractivity contribution < 1.29 is 12.8 Å². The van der Waals surface area contributed by atoms with Crippen molar-refractivity contribution in [3.63, 3.8) is 0 Å². The molecule has 0 fully saturated rings. The fourth-order valence-corrected chi connectivity index (χ4v) is 4.62. The van der Waals surface area contributed by atoms with Gasteiger partial charge < -0.3 is 10.6 Å².